The van der Waals surface area contributed by atoms with E-state index >= 15 is 0 Å². The van der Waals surface area contributed by atoms with Gasteiger partial charge in [0.25, 0.3) is 0 Å². The molecule has 0 aliphatic carbocycles. The molecule has 0 radical (unpaired) electrons. The first-order valence-electron chi connectivity index (χ1n) is 7.43. The molecule has 0 N–H and O–H groups in total. The molecule has 2 aromatic heterocycles. The first-order valence-corrected chi connectivity index (χ1v) is 9.82. The van der Waals surface area contributed by atoms with Crippen molar-refractivity contribution < 1.29 is 4.79 Å². The molecular weight excluding hydrogens is 409 g/mol. The molecule has 0 bridgehead atoms. The Morgan fingerprint density at radius 2 is 2.04 bits per heavy atom. The fraction of sp³-hybridized carbons (Fsp3) is 0.0556. The first kappa shape index (κ1) is 17.3. The Balaban J connectivity index is 1.89. The number of hydrogen-bond acceptors (Lipinski definition) is 4. The standard InChI is InChI=1S/C18H9Cl2N3OS2/c1-2-7-23-15-11(20)8-10(19)9-14(15)26-18(23)22-16(24)17-21-12-5-3-4-6-13(12)25-17/h1,3-6,8-9H,7H2. The van der Waals surface area contributed by atoms with Crippen LogP contribution in [0, 0.1) is 12.3 Å². The molecular formula is C18H9Cl2N3OS2. The van der Waals surface area contributed by atoms with Crippen molar-refractivity contribution in [2.45, 2.75) is 6.54 Å². The van der Waals surface area contributed by atoms with Crippen LogP contribution in [0.15, 0.2) is 41.4 Å². The van der Waals surface area contributed by atoms with Gasteiger partial charge in [-0.2, -0.15) is 4.99 Å². The number of aromatic nitrogens is 2. The lowest BCUT2D eigenvalue weighted by Crippen LogP contribution is -2.16. The van der Waals surface area contributed by atoms with Crippen LogP contribution in [0.1, 0.15) is 9.80 Å². The molecule has 2 heterocycles. The molecule has 0 spiro atoms. The van der Waals surface area contributed by atoms with E-state index in [2.05, 4.69) is 15.9 Å². The van der Waals surface area contributed by atoms with Crippen LogP contribution in [0.2, 0.25) is 10.0 Å². The van der Waals surface area contributed by atoms with Gasteiger partial charge in [-0.25, -0.2) is 4.98 Å². The molecule has 4 rings (SSSR count). The van der Waals surface area contributed by atoms with E-state index in [1.807, 2.05) is 24.3 Å². The van der Waals surface area contributed by atoms with Crippen molar-refractivity contribution in [1.82, 2.24) is 9.55 Å². The van der Waals surface area contributed by atoms with Crippen LogP contribution in [-0.2, 0) is 6.54 Å². The van der Waals surface area contributed by atoms with E-state index in [9.17, 15) is 4.79 Å². The van der Waals surface area contributed by atoms with Crippen LogP contribution < -0.4 is 4.80 Å². The summed E-state index contributed by atoms with van der Waals surface area (Å²) >= 11 is 15.0. The van der Waals surface area contributed by atoms with Gasteiger partial charge < -0.3 is 4.57 Å². The van der Waals surface area contributed by atoms with Crippen molar-refractivity contribution in [3.63, 3.8) is 0 Å². The van der Waals surface area contributed by atoms with Crippen molar-refractivity contribution >= 4 is 72.2 Å². The maximum Gasteiger partial charge on any atom is 0.308 e. The number of terminal acetylenes is 1. The van der Waals surface area contributed by atoms with Crippen molar-refractivity contribution in [2.75, 3.05) is 0 Å². The molecule has 4 nitrogen and oxygen atoms in total. The first-order chi connectivity index (χ1) is 12.6. The average Bonchev–Trinajstić information content (AvgIpc) is 3.17. The Hall–Kier alpha value is -2.17. The van der Waals surface area contributed by atoms with Crippen molar-refractivity contribution in [3.05, 3.63) is 56.3 Å². The number of carbonyl (C=O) groups excluding carboxylic acids is 1. The normalized spacial score (nSPS) is 12.0. The summed E-state index contributed by atoms with van der Waals surface area (Å²) in [6.45, 7) is 0.243. The second kappa shape index (κ2) is 6.86. The second-order valence-electron chi connectivity index (χ2n) is 5.31. The number of fused-ring (bicyclic) bond motifs is 2. The molecule has 0 aliphatic rings. The van der Waals surface area contributed by atoms with Gasteiger partial charge in [-0.1, -0.05) is 52.6 Å². The Morgan fingerprint density at radius 3 is 2.81 bits per heavy atom. The molecule has 0 saturated heterocycles. The molecule has 0 aliphatic heterocycles. The highest BCUT2D eigenvalue weighted by Crippen LogP contribution is 2.30. The molecule has 8 heteroatoms. The van der Waals surface area contributed by atoms with Crippen LogP contribution >= 0.6 is 45.9 Å². The number of rotatable bonds is 2. The van der Waals surface area contributed by atoms with Crippen molar-refractivity contribution in [1.29, 1.82) is 0 Å². The third-order valence-corrected chi connectivity index (χ3v) is 6.17. The molecule has 0 fully saturated rings. The van der Waals surface area contributed by atoms with E-state index in [0.29, 0.717) is 19.9 Å². The zero-order valence-electron chi connectivity index (χ0n) is 13.1. The molecule has 4 aromatic rings. The van der Waals surface area contributed by atoms with Gasteiger partial charge in [-0.15, -0.1) is 17.8 Å². The smallest absolute Gasteiger partial charge is 0.303 e. The highest BCUT2D eigenvalue weighted by atomic mass is 35.5. The van der Waals surface area contributed by atoms with Gasteiger partial charge in [-0.05, 0) is 24.3 Å². The molecule has 128 valence electrons. The highest BCUT2D eigenvalue weighted by molar-refractivity contribution is 7.20. The Bertz CT molecular complexity index is 1240. The monoisotopic (exact) mass is 417 g/mol. The van der Waals surface area contributed by atoms with E-state index < -0.39 is 5.91 Å². The SMILES string of the molecule is C#CCn1c(=NC(=O)c2nc3ccccc3s2)sc2cc(Cl)cc(Cl)c21. The molecule has 0 saturated carbocycles. The van der Waals surface area contributed by atoms with Crippen LogP contribution in [0.25, 0.3) is 20.4 Å². The molecule has 0 unspecified atom stereocenters. The van der Waals surface area contributed by atoms with E-state index in [-0.39, 0.29) is 6.54 Å². The van der Waals surface area contributed by atoms with E-state index in [1.165, 1.54) is 22.7 Å². The summed E-state index contributed by atoms with van der Waals surface area (Å²) in [7, 11) is 0. The number of benzene rings is 2. The van der Waals surface area contributed by atoms with Gasteiger partial charge in [0.1, 0.15) is 0 Å². The lowest BCUT2D eigenvalue weighted by atomic mass is 10.3. The topological polar surface area (TPSA) is 47.2 Å². The van der Waals surface area contributed by atoms with Gasteiger partial charge in [-0.3, -0.25) is 4.79 Å². The lowest BCUT2D eigenvalue weighted by molar-refractivity contribution is 0.0997. The third kappa shape index (κ3) is 3.04. The number of carbonyl (C=O) groups is 1. The summed E-state index contributed by atoms with van der Waals surface area (Å²) in [5, 5.41) is 1.31. The number of thiazole rings is 2. The Labute approximate surface area is 166 Å². The minimum atomic E-state index is -0.411. The molecule has 2 aromatic carbocycles. The number of nitrogens with zero attached hydrogens (tertiary/aromatic N) is 3. The summed E-state index contributed by atoms with van der Waals surface area (Å²) in [6.07, 6.45) is 5.48. The van der Waals surface area contributed by atoms with Gasteiger partial charge in [0, 0.05) is 5.02 Å². The zero-order valence-corrected chi connectivity index (χ0v) is 16.2. The van der Waals surface area contributed by atoms with Crippen molar-refractivity contribution in [2.24, 2.45) is 4.99 Å². The van der Waals surface area contributed by atoms with Crippen molar-refractivity contribution in [3.8, 4) is 12.3 Å². The maximum atomic E-state index is 12.6. The minimum Gasteiger partial charge on any atom is -0.303 e. The molecule has 0 atom stereocenters. The maximum absolute atomic E-state index is 12.6. The lowest BCUT2D eigenvalue weighted by Gasteiger charge is -2.02. The zero-order chi connectivity index (χ0) is 18.3. The Kier molecular flexibility index (Phi) is 4.55. The van der Waals surface area contributed by atoms with Gasteiger partial charge >= 0.3 is 5.91 Å². The van der Waals surface area contributed by atoms with Crippen LogP contribution in [0.5, 0.6) is 0 Å². The quantitative estimate of drug-likeness (QED) is 0.431. The summed E-state index contributed by atoms with van der Waals surface area (Å²) < 4.78 is 3.49. The van der Waals surface area contributed by atoms with Crippen LogP contribution in [-0.4, -0.2) is 15.5 Å². The van der Waals surface area contributed by atoms with Crippen LogP contribution in [0.4, 0.5) is 0 Å². The van der Waals surface area contributed by atoms with Gasteiger partial charge in [0.2, 0.25) is 0 Å². The number of halogens is 2. The van der Waals surface area contributed by atoms with Gasteiger partial charge in [0.15, 0.2) is 9.81 Å². The second-order valence-corrected chi connectivity index (χ2v) is 8.20. The number of amides is 1. The summed E-state index contributed by atoms with van der Waals surface area (Å²) in [5.74, 6) is 2.16. The summed E-state index contributed by atoms with van der Waals surface area (Å²) in [6, 6.07) is 11.0. The third-order valence-electron chi connectivity index (χ3n) is 3.62. The minimum absolute atomic E-state index is 0.243. The number of hydrogen-bond donors (Lipinski definition) is 0. The fourth-order valence-electron chi connectivity index (χ4n) is 2.55. The Morgan fingerprint density at radius 1 is 1.23 bits per heavy atom. The molecule has 26 heavy (non-hydrogen) atoms. The summed E-state index contributed by atoms with van der Waals surface area (Å²) in [4.78, 5) is 21.7. The van der Waals surface area contributed by atoms with E-state index in [1.54, 1.807) is 16.7 Å². The predicted octanol–water partition coefficient (Wildman–Crippen LogP) is 4.99. The fourth-order valence-corrected chi connectivity index (χ4v) is 5.21. The van der Waals surface area contributed by atoms with Crippen LogP contribution in [0.3, 0.4) is 0 Å². The summed E-state index contributed by atoms with van der Waals surface area (Å²) in [5.41, 5.74) is 1.49. The van der Waals surface area contributed by atoms with E-state index in [4.69, 9.17) is 29.6 Å². The number of para-hydroxylation sites is 1. The average molecular weight is 418 g/mol. The highest BCUT2D eigenvalue weighted by Gasteiger charge is 2.15. The van der Waals surface area contributed by atoms with E-state index in [0.717, 1.165) is 20.4 Å². The predicted molar refractivity (Wildman–Crippen MR) is 108 cm³/mol. The largest absolute Gasteiger partial charge is 0.308 e. The molecule has 1 amide bonds. The van der Waals surface area contributed by atoms with Gasteiger partial charge in [0.05, 0.1) is 32.0 Å².